The van der Waals surface area contributed by atoms with E-state index in [-0.39, 0.29) is 22.1 Å². The fourth-order valence-corrected chi connectivity index (χ4v) is 3.85. The molecule has 0 heterocycles. The van der Waals surface area contributed by atoms with E-state index in [2.05, 4.69) is 15.4 Å². The van der Waals surface area contributed by atoms with E-state index in [4.69, 9.17) is 0 Å². The molecule has 0 saturated carbocycles. The fraction of sp³-hybridized carbons (Fsp3) is 0.136. The molecule has 30 heavy (non-hydrogen) atoms. The second-order valence-corrected chi connectivity index (χ2v) is 8.20. The van der Waals surface area contributed by atoms with Gasteiger partial charge in [0.15, 0.2) is 0 Å². The van der Waals surface area contributed by atoms with Gasteiger partial charge in [-0.15, -0.1) is 0 Å². The molecule has 0 aromatic heterocycles. The molecule has 0 fully saturated rings. The highest BCUT2D eigenvalue weighted by atomic mass is 32.2. The molecule has 0 spiro atoms. The zero-order chi connectivity index (χ0) is 21.4. The number of sulfonamides is 1. The second kappa shape index (κ2) is 9.89. The Hall–Kier alpha value is -3.39. The monoisotopic (exact) mass is 427 g/mol. The van der Waals surface area contributed by atoms with Crippen molar-refractivity contribution >= 4 is 27.3 Å². The van der Waals surface area contributed by atoms with Gasteiger partial charge < -0.3 is 10.6 Å². The van der Waals surface area contributed by atoms with E-state index in [1.807, 2.05) is 30.3 Å². The maximum atomic E-state index is 13.8. The van der Waals surface area contributed by atoms with Gasteiger partial charge >= 0.3 is 0 Å². The predicted molar refractivity (Wildman–Crippen MR) is 116 cm³/mol. The Morgan fingerprint density at radius 1 is 0.867 bits per heavy atom. The molecular formula is C22H22FN3O3S. The molecule has 0 unspecified atom stereocenters. The highest BCUT2D eigenvalue weighted by Gasteiger charge is 2.18. The molecule has 0 bridgehead atoms. The van der Waals surface area contributed by atoms with Crippen molar-refractivity contribution in [2.24, 2.45) is 0 Å². The Kier molecular flexibility index (Phi) is 7.03. The molecule has 3 aromatic carbocycles. The first-order valence-corrected chi connectivity index (χ1v) is 10.9. The normalized spacial score (nSPS) is 11.0. The number of hydrogen-bond donors (Lipinski definition) is 3. The summed E-state index contributed by atoms with van der Waals surface area (Å²) in [6.45, 7) is 1.12. The topological polar surface area (TPSA) is 87.3 Å². The minimum Gasteiger partial charge on any atom is -0.385 e. The minimum atomic E-state index is -4.03. The van der Waals surface area contributed by atoms with E-state index in [1.165, 1.54) is 42.5 Å². The van der Waals surface area contributed by atoms with Crippen molar-refractivity contribution in [2.75, 3.05) is 23.1 Å². The van der Waals surface area contributed by atoms with Gasteiger partial charge in [-0.25, -0.2) is 12.8 Å². The summed E-state index contributed by atoms with van der Waals surface area (Å²) in [6.07, 6.45) is 0.702. The number of carbonyl (C=O) groups is 1. The summed E-state index contributed by atoms with van der Waals surface area (Å²) in [5, 5.41) is 6.01. The van der Waals surface area contributed by atoms with Gasteiger partial charge in [0, 0.05) is 24.3 Å². The number of benzene rings is 3. The Morgan fingerprint density at radius 3 is 2.37 bits per heavy atom. The molecule has 0 aliphatic rings. The zero-order valence-corrected chi connectivity index (χ0v) is 17.0. The average Bonchev–Trinajstić information content (AvgIpc) is 2.76. The van der Waals surface area contributed by atoms with Crippen molar-refractivity contribution in [1.29, 1.82) is 0 Å². The first-order valence-electron chi connectivity index (χ1n) is 9.40. The average molecular weight is 428 g/mol. The lowest BCUT2D eigenvalue weighted by molar-refractivity contribution is 0.0953. The summed E-state index contributed by atoms with van der Waals surface area (Å²) in [7, 11) is -4.03. The van der Waals surface area contributed by atoms with E-state index in [1.54, 1.807) is 0 Å². The molecule has 6 nitrogen and oxygen atoms in total. The van der Waals surface area contributed by atoms with Crippen molar-refractivity contribution in [2.45, 2.75) is 11.3 Å². The van der Waals surface area contributed by atoms with Crippen molar-refractivity contribution in [3.05, 3.63) is 90.2 Å². The number of nitrogens with one attached hydrogen (secondary N) is 3. The van der Waals surface area contributed by atoms with Crippen LogP contribution in [0.4, 0.5) is 15.8 Å². The van der Waals surface area contributed by atoms with Gasteiger partial charge in [-0.05, 0) is 48.9 Å². The van der Waals surface area contributed by atoms with E-state index < -0.39 is 15.8 Å². The van der Waals surface area contributed by atoms with E-state index in [9.17, 15) is 17.6 Å². The molecular weight excluding hydrogens is 405 g/mol. The van der Waals surface area contributed by atoms with Gasteiger partial charge in [0.25, 0.3) is 15.9 Å². The zero-order valence-electron chi connectivity index (χ0n) is 16.1. The van der Waals surface area contributed by atoms with Gasteiger partial charge in [0.2, 0.25) is 0 Å². The maximum absolute atomic E-state index is 13.8. The summed E-state index contributed by atoms with van der Waals surface area (Å²) in [4.78, 5) is 12.2. The predicted octanol–water partition coefficient (Wildman–Crippen LogP) is 3.86. The number of halogens is 1. The lowest BCUT2D eigenvalue weighted by Gasteiger charge is -2.11. The fourth-order valence-electron chi connectivity index (χ4n) is 2.73. The lowest BCUT2D eigenvalue weighted by Crippen LogP contribution is -2.26. The van der Waals surface area contributed by atoms with Crippen LogP contribution in [-0.4, -0.2) is 27.4 Å². The van der Waals surface area contributed by atoms with Crippen LogP contribution in [0.5, 0.6) is 0 Å². The molecule has 0 aliphatic carbocycles. The van der Waals surface area contributed by atoms with Gasteiger partial charge in [0.05, 0.1) is 10.6 Å². The highest BCUT2D eigenvalue weighted by Crippen LogP contribution is 2.19. The van der Waals surface area contributed by atoms with Crippen LogP contribution in [0.2, 0.25) is 0 Å². The first-order chi connectivity index (χ1) is 14.5. The summed E-state index contributed by atoms with van der Waals surface area (Å²) < 4.78 is 41.0. The van der Waals surface area contributed by atoms with Crippen LogP contribution in [0.25, 0.3) is 0 Å². The van der Waals surface area contributed by atoms with Crippen LogP contribution < -0.4 is 15.4 Å². The van der Waals surface area contributed by atoms with Crippen molar-refractivity contribution in [3.8, 4) is 0 Å². The lowest BCUT2D eigenvalue weighted by atomic mass is 10.2. The number of hydrogen-bond acceptors (Lipinski definition) is 4. The summed E-state index contributed by atoms with van der Waals surface area (Å²) in [5.74, 6) is -1.06. The van der Waals surface area contributed by atoms with E-state index in [0.717, 1.165) is 11.8 Å². The van der Waals surface area contributed by atoms with Crippen molar-refractivity contribution in [3.63, 3.8) is 0 Å². The van der Waals surface area contributed by atoms with Crippen LogP contribution in [0.1, 0.15) is 16.8 Å². The summed E-state index contributed by atoms with van der Waals surface area (Å²) in [6, 6.07) is 20.8. The SMILES string of the molecule is O=C(NCCCNc1ccccc1)c1cccc(S(=O)(=O)Nc2ccccc2F)c1. The van der Waals surface area contributed by atoms with Crippen molar-refractivity contribution in [1.82, 2.24) is 5.32 Å². The quantitative estimate of drug-likeness (QED) is 0.453. The molecule has 0 saturated heterocycles. The number of para-hydroxylation sites is 2. The molecule has 1 amide bonds. The number of carbonyl (C=O) groups excluding carboxylic acids is 1. The first kappa shape index (κ1) is 21.3. The Bertz CT molecular complexity index is 1110. The van der Waals surface area contributed by atoms with E-state index >= 15 is 0 Å². The largest absolute Gasteiger partial charge is 0.385 e. The third kappa shape index (κ3) is 5.81. The highest BCUT2D eigenvalue weighted by molar-refractivity contribution is 7.92. The molecule has 0 aliphatic heterocycles. The standard InChI is InChI=1S/C22H22FN3O3S/c23-20-12-4-5-13-21(20)26-30(28,29)19-11-6-8-17(16-19)22(27)25-15-7-14-24-18-9-2-1-3-10-18/h1-6,8-13,16,24,26H,7,14-15H2,(H,25,27). The molecule has 156 valence electrons. The van der Waals surface area contributed by atoms with Crippen LogP contribution in [0, 0.1) is 5.82 Å². The molecule has 3 aromatic rings. The van der Waals surface area contributed by atoms with Gasteiger partial charge in [0.1, 0.15) is 5.82 Å². The van der Waals surface area contributed by atoms with Gasteiger partial charge in [-0.3, -0.25) is 9.52 Å². The maximum Gasteiger partial charge on any atom is 0.262 e. The smallest absolute Gasteiger partial charge is 0.262 e. The Balaban J connectivity index is 1.56. The second-order valence-electron chi connectivity index (χ2n) is 6.52. The third-order valence-corrected chi connectivity index (χ3v) is 5.63. The third-order valence-electron chi connectivity index (χ3n) is 4.27. The van der Waals surface area contributed by atoms with E-state index in [0.29, 0.717) is 19.5 Å². The number of amides is 1. The van der Waals surface area contributed by atoms with Gasteiger partial charge in [-0.2, -0.15) is 0 Å². The minimum absolute atomic E-state index is 0.121. The molecule has 3 N–H and O–H groups in total. The molecule has 8 heteroatoms. The van der Waals surface area contributed by atoms with Crippen LogP contribution in [0.3, 0.4) is 0 Å². The number of anilines is 2. The molecule has 0 atom stereocenters. The van der Waals surface area contributed by atoms with Crippen molar-refractivity contribution < 1.29 is 17.6 Å². The van der Waals surface area contributed by atoms with Crippen LogP contribution >= 0.6 is 0 Å². The van der Waals surface area contributed by atoms with Crippen LogP contribution in [-0.2, 0) is 10.0 Å². The molecule has 0 radical (unpaired) electrons. The Morgan fingerprint density at radius 2 is 1.60 bits per heavy atom. The summed E-state index contributed by atoms with van der Waals surface area (Å²) >= 11 is 0. The number of rotatable bonds is 9. The van der Waals surface area contributed by atoms with Gasteiger partial charge in [-0.1, -0.05) is 36.4 Å². The Labute approximate surface area is 175 Å². The summed E-state index contributed by atoms with van der Waals surface area (Å²) in [5.41, 5.74) is 1.06. The van der Waals surface area contributed by atoms with Crippen LogP contribution in [0.15, 0.2) is 83.8 Å². The molecule has 3 rings (SSSR count).